The largest absolute Gasteiger partial charge is 0.335 e. The Morgan fingerprint density at radius 2 is 1.77 bits per heavy atom. The van der Waals surface area contributed by atoms with Crippen LogP contribution in [0.5, 0.6) is 0 Å². The van der Waals surface area contributed by atoms with Crippen molar-refractivity contribution in [2.24, 2.45) is 0 Å². The van der Waals surface area contributed by atoms with Crippen molar-refractivity contribution < 1.29 is 18.0 Å². The van der Waals surface area contributed by atoms with E-state index >= 15 is 0 Å². The first kappa shape index (κ1) is 15.3. The minimum absolute atomic E-state index is 0.0824. The van der Waals surface area contributed by atoms with E-state index in [2.05, 4.69) is 9.59 Å². The van der Waals surface area contributed by atoms with Crippen molar-refractivity contribution in [3.63, 3.8) is 0 Å². The fourth-order valence-electron chi connectivity index (χ4n) is 3.15. The SMILES string of the molecule is CC(=O)N1CCN(C(=O)c2snnc2C)[C@@H]2CS(=O)(=O)C[C@@H]21. The highest BCUT2D eigenvalue weighted by molar-refractivity contribution is 7.91. The molecule has 0 saturated carbocycles. The number of rotatable bonds is 1. The van der Waals surface area contributed by atoms with Gasteiger partial charge in [-0.25, -0.2) is 8.42 Å². The number of nitrogens with zero attached hydrogens (tertiary/aromatic N) is 4. The number of hydrogen-bond acceptors (Lipinski definition) is 7. The van der Waals surface area contributed by atoms with Crippen molar-refractivity contribution in [2.75, 3.05) is 24.6 Å². The lowest BCUT2D eigenvalue weighted by Gasteiger charge is -2.43. The molecule has 0 N–H and O–H groups in total. The predicted octanol–water partition coefficient (Wildman–Crippen LogP) is -0.684. The molecule has 120 valence electrons. The van der Waals surface area contributed by atoms with Crippen LogP contribution in [0.3, 0.4) is 0 Å². The third kappa shape index (κ3) is 2.50. The molecule has 0 aliphatic carbocycles. The number of hydrogen-bond donors (Lipinski definition) is 0. The van der Waals surface area contributed by atoms with Crippen molar-refractivity contribution >= 4 is 33.2 Å². The number of piperazine rings is 1. The molecule has 2 aliphatic heterocycles. The Morgan fingerprint density at radius 3 is 2.32 bits per heavy atom. The lowest BCUT2D eigenvalue weighted by Crippen LogP contribution is -2.61. The van der Waals surface area contributed by atoms with E-state index < -0.39 is 21.9 Å². The Labute approximate surface area is 132 Å². The van der Waals surface area contributed by atoms with Gasteiger partial charge >= 0.3 is 0 Å². The zero-order valence-electron chi connectivity index (χ0n) is 12.2. The highest BCUT2D eigenvalue weighted by atomic mass is 32.2. The van der Waals surface area contributed by atoms with E-state index in [1.807, 2.05) is 0 Å². The van der Waals surface area contributed by atoms with Gasteiger partial charge in [0.1, 0.15) is 4.88 Å². The van der Waals surface area contributed by atoms with E-state index in [4.69, 9.17) is 0 Å². The molecule has 22 heavy (non-hydrogen) atoms. The quantitative estimate of drug-likeness (QED) is 0.669. The molecule has 2 atom stereocenters. The second-order valence-corrected chi connectivity index (χ2v) is 8.52. The highest BCUT2D eigenvalue weighted by Gasteiger charge is 2.49. The van der Waals surface area contributed by atoms with Crippen LogP contribution in [-0.4, -0.2) is 76.3 Å². The average Bonchev–Trinajstić information content (AvgIpc) is 2.98. The summed E-state index contributed by atoms with van der Waals surface area (Å²) in [5.41, 5.74) is 0.543. The average molecular weight is 344 g/mol. The van der Waals surface area contributed by atoms with Crippen LogP contribution in [0.1, 0.15) is 22.3 Å². The second-order valence-electron chi connectivity index (χ2n) is 5.61. The molecule has 3 rings (SSSR count). The standard InChI is InChI=1S/C12H16N4O4S2/c1-7-11(21-14-13-7)12(18)16-4-3-15(8(2)17)9-5-22(19,20)6-10(9)16/h9-10H,3-6H2,1-2H3/t9-,10+/m0/s1. The second kappa shape index (κ2) is 5.27. The zero-order chi connectivity index (χ0) is 16.1. The summed E-state index contributed by atoms with van der Waals surface area (Å²) in [5.74, 6) is -0.586. The van der Waals surface area contributed by atoms with Crippen LogP contribution in [0.4, 0.5) is 0 Å². The molecule has 8 nitrogen and oxygen atoms in total. The lowest BCUT2D eigenvalue weighted by molar-refractivity contribution is -0.133. The number of aromatic nitrogens is 2. The maximum absolute atomic E-state index is 12.7. The maximum Gasteiger partial charge on any atom is 0.267 e. The van der Waals surface area contributed by atoms with Gasteiger partial charge < -0.3 is 9.80 Å². The summed E-state index contributed by atoms with van der Waals surface area (Å²) in [4.78, 5) is 28.0. The van der Waals surface area contributed by atoms with Crippen molar-refractivity contribution in [1.82, 2.24) is 19.4 Å². The van der Waals surface area contributed by atoms with Gasteiger partial charge in [-0.15, -0.1) is 5.10 Å². The van der Waals surface area contributed by atoms with E-state index in [9.17, 15) is 18.0 Å². The maximum atomic E-state index is 12.7. The van der Waals surface area contributed by atoms with Gasteiger partial charge in [0.2, 0.25) is 5.91 Å². The fraction of sp³-hybridized carbons (Fsp3) is 0.667. The summed E-state index contributed by atoms with van der Waals surface area (Å²) < 4.78 is 27.7. The topological polar surface area (TPSA) is 101 Å². The van der Waals surface area contributed by atoms with Crippen LogP contribution in [0.15, 0.2) is 0 Å². The minimum Gasteiger partial charge on any atom is -0.335 e. The van der Waals surface area contributed by atoms with Crippen molar-refractivity contribution in [3.05, 3.63) is 10.6 Å². The lowest BCUT2D eigenvalue weighted by atomic mass is 10.0. The van der Waals surface area contributed by atoms with Gasteiger partial charge in [0.05, 0.1) is 29.3 Å². The number of amides is 2. The smallest absolute Gasteiger partial charge is 0.267 e. The molecule has 0 unspecified atom stereocenters. The number of carbonyl (C=O) groups is 2. The van der Waals surface area contributed by atoms with Crippen LogP contribution < -0.4 is 0 Å². The number of sulfone groups is 1. The fourth-order valence-corrected chi connectivity index (χ4v) is 5.75. The van der Waals surface area contributed by atoms with Gasteiger partial charge in [-0.2, -0.15) is 0 Å². The first-order chi connectivity index (χ1) is 10.3. The van der Waals surface area contributed by atoms with Crippen molar-refractivity contribution in [1.29, 1.82) is 0 Å². The molecule has 1 aromatic heterocycles. The summed E-state index contributed by atoms with van der Waals surface area (Å²) in [6.45, 7) is 3.80. The monoisotopic (exact) mass is 344 g/mol. The summed E-state index contributed by atoms with van der Waals surface area (Å²) in [7, 11) is -3.26. The first-order valence-corrected chi connectivity index (χ1v) is 9.47. The molecule has 3 heterocycles. The Balaban J connectivity index is 1.93. The highest BCUT2D eigenvalue weighted by Crippen LogP contribution is 2.29. The molecule has 2 fully saturated rings. The number of aryl methyl sites for hydroxylation is 1. The molecule has 0 radical (unpaired) electrons. The van der Waals surface area contributed by atoms with Gasteiger partial charge in [0.25, 0.3) is 5.91 Å². The molecular weight excluding hydrogens is 328 g/mol. The third-order valence-corrected chi connectivity index (χ3v) is 6.70. The normalized spacial score (nSPS) is 26.8. The zero-order valence-corrected chi connectivity index (χ0v) is 13.9. The molecule has 0 bridgehead atoms. The van der Waals surface area contributed by atoms with Gasteiger partial charge in [-0.3, -0.25) is 9.59 Å². The third-order valence-electron chi connectivity index (χ3n) is 4.19. The van der Waals surface area contributed by atoms with Crippen molar-refractivity contribution in [3.8, 4) is 0 Å². The minimum atomic E-state index is -3.26. The van der Waals surface area contributed by atoms with Crippen LogP contribution in [0, 0.1) is 6.92 Å². The van der Waals surface area contributed by atoms with Crippen LogP contribution in [-0.2, 0) is 14.6 Å². The van der Waals surface area contributed by atoms with E-state index in [0.29, 0.717) is 23.7 Å². The molecule has 2 aliphatic rings. The van der Waals surface area contributed by atoms with E-state index in [1.165, 1.54) is 6.92 Å². The summed E-state index contributed by atoms with van der Waals surface area (Å²) >= 11 is 1.01. The van der Waals surface area contributed by atoms with Crippen LogP contribution in [0.25, 0.3) is 0 Å². The molecule has 1 aromatic rings. The number of fused-ring (bicyclic) bond motifs is 1. The van der Waals surface area contributed by atoms with E-state index in [0.717, 1.165) is 11.5 Å². The Morgan fingerprint density at radius 1 is 1.18 bits per heavy atom. The molecule has 0 spiro atoms. The van der Waals surface area contributed by atoms with Gasteiger partial charge in [-0.05, 0) is 18.5 Å². The summed E-state index contributed by atoms with van der Waals surface area (Å²) in [6, 6.07) is -0.946. The van der Waals surface area contributed by atoms with Gasteiger partial charge in [-0.1, -0.05) is 4.49 Å². The number of carbonyl (C=O) groups excluding carboxylic acids is 2. The molecule has 2 amide bonds. The van der Waals surface area contributed by atoms with Gasteiger partial charge in [0.15, 0.2) is 9.84 Å². The molecule has 2 saturated heterocycles. The first-order valence-electron chi connectivity index (χ1n) is 6.88. The Bertz CT molecular complexity index is 729. The molecule has 10 heteroatoms. The van der Waals surface area contributed by atoms with Gasteiger partial charge in [0, 0.05) is 20.0 Å². The molecular formula is C12H16N4O4S2. The Hall–Kier alpha value is -1.55. The van der Waals surface area contributed by atoms with Crippen molar-refractivity contribution in [2.45, 2.75) is 25.9 Å². The summed E-state index contributed by atoms with van der Waals surface area (Å²) in [6.07, 6.45) is 0. The van der Waals surface area contributed by atoms with Crippen LogP contribution in [0.2, 0.25) is 0 Å². The summed E-state index contributed by atoms with van der Waals surface area (Å²) in [5, 5.41) is 3.83. The van der Waals surface area contributed by atoms with E-state index in [-0.39, 0.29) is 23.3 Å². The van der Waals surface area contributed by atoms with E-state index in [1.54, 1.807) is 16.7 Å². The van der Waals surface area contributed by atoms with Crippen LogP contribution >= 0.6 is 11.5 Å². The Kier molecular flexibility index (Phi) is 3.68. The predicted molar refractivity (Wildman–Crippen MR) is 79.3 cm³/mol. The molecule has 0 aromatic carbocycles.